The zero-order chi connectivity index (χ0) is 20.2. The average molecular weight is 404 g/mol. The normalized spacial score (nSPS) is 11.1. The molecule has 5 nitrogen and oxygen atoms in total. The summed E-state index contributed by atoms with van der Waals surface area (Å²) in [5.74, 6) is 0.996. The third-order valence-corrected chi connectivity index (χ3v) is 5.41. The Kier molecular flexibility index (Phi) is 5.62. The standard InChI is InChI=1S/C23H21N3O2S/c1-15(2)16-9-11-20(12-10-16)24-21(27)14-29-23-26-25-22(28-23)19-8-7-17-5-3-4-6-18(17)13-19/h3-13,15H,14H2,1-2H3,(H,24,27). The smallest absolute Gasteiger partial charge is 0.277 e. The SMILES string of the molecule is CC(C)c1ccc(NC(=O)CSc2nnc(-c3ccc4ccccc4c3)o2)cc1. The minimum absolute atomic E-state index is 0.113. The average Bonchev–Trinajstić information content (AvgIpc) is 3.21. The second-order valence-corrected chi connectivity index (χ2v) is 7.98. The zero-order valence-corrected chi connectivity index (χ0v) is 17.1. The van der Waals surface area contributed by atoms with Crippen LogP contribution in [0, 0.1) is 0 Å². The first-order chi connectivity index (χ1) is 14.1. The molecule has 0 aliphatic rings. The van der Waals surface area contributed by atoms with E-state index < -0.39 is 0 Å². The number of nitrogens with one attached hydrogen (secondary N) is 1. The highest BCUT2D eigenvalue weighted by molar-refractivity contribution is 7.99. The summed E-state index contributed by atoms with van der Waals surface area (Å²) >= 11 is 1.22. The van der Waals surface area contributed by atoms with Gasteiger partial charge in [-0.15, -0.1) is 10.2 Å². The summed E-state index contributed by atoms with van der Waals surface area (Å²) < 4.78 is 5.72. The molecule has 0 saturated carbocycles. The largest absolute Gasteiger partial charge is 0.411 e. The first-order valence-corrected chi connectivity index (χ1v) is 10.4. The molecule has 0 saturated heterocycles. The molecule has 0 unspecified atom stereocenters. The van der Waals surface area contributed by atoms with Gasteiger partial charge >= 0.3 is 0 Å². The maximum Gasteiger partial charge on any atom is 0.277 e. The number of hydrogen-bond acceptors (Lipinski definition) is 5. The van der Waals surface area contributed by atoms with Crippen molar-refractivity contribution in [3.8, 4) is 11.5 Å². The van der Waals surface area contributed by atoms with Gasteiger partial charge in [0, 0.05) is 11.3 Å². The van der Waals surface area contributed by atoms with E-state index in [2.05, 4.69) is 35.4 Å². The number of carbonyl (C=O) groups excluding carboxylic acids is 1. The molecule has 0 radical (unpaired) electrons. The minimum atomic E-state index is -0.113. The first kappa shape index (κ1) is 19.2. The van der Waals surface area contributed by atoms with Crippen LogP contribution in [0.25, 0.3) is 22.2 Å². The summed E-state index contributed by atoms with van der Waals surface area (Å²) in [6.07, 6.45) is 0. The van der Waals surface area contributed by atoms with Crippen molar-refractivity contribution in [3.63, 3.8) is 0 Å². The molecule has 0 aliphatic heterocycles. The van der Waals surface area contributed by atoms with Crippen molar-refractivity contribution in [2.75, 3.05) is 11.1 Å². The van der Waals surface area contributed by atoms with Crippen molar-refractivity contribution in [2.45, 2.75) is 25.0 Å². The molecule has 0 aliphatic carbocycles. The van der Waals surface area contributed by atoms with E-state index in [4.69, 9.17) is 4.42 Å². The van der Waals surface area contributed by atoms with Crippen molar-refractivity contribution in [1.82, 2.24) is 10.2 Å². The fourth-order valence-corrected chi connectivity index (χ4v) is 3.55. The number of amides is 1. The van der Waals surface area contributed by atoms with Crippen LogP contribution in [0.2, 0.25) is 0 Å². The van der Waals surface area contributed by atoms with Gasteiger partial charge in [-0.3, -0.25) is 4.79 Å². The number of anilines is 1. The van der Waals surface area contributed by atoms with E-state index in [0.29, 0.717) is 17.0 Å². The van der Waals surface area contributed by atoms with Crippen LogP contribution >= 0.6 is 11.8 Å². The fraction of sp³-hybridized carbons (Fsp3) is 0.174. The molecule has 1 N–H and O–H groups in total. The third kappa shape index (κ3) is 4.66. The van der Waals surface area contributed by atoms with Crippen molar-refractivity contribution < 1.29 is 9.21 Å². The van der Waals surface area contributed by atoms with E-state index >= 15 is 0 Å². The number of carbonyl (C=O) groups is 1. The Balaban J connectivity index is 1.36. The monoisotopic (exact) mass is 403 g/mol. The molecular weight excluding hydrogens is 382 g/mol. The van der Waals surface area contributed by atoms with E-state index in [-0.39, 0.29) is 11.7 Å². The van der Waals surface area contributed by atoms with Crippen LogP contribution in [0.4, 0.5) is 5.69 Å². The van der Waals surface area contributed by atoms with Gasteiger partial charge in [0.2, 0.25) is 11.8 Å². The van der Waals surface area contributed by atoms with Crippen LogP contribution in [0.1, 0.15) is 25.3 Å². The minimum Gasteiger partial charge on any atom is -0.411 e. The topological polar surface area (TPSA) is 68.0 Å². The molecule has 0 fully saturated rings. The molecule has 3 aromatic carbocycles. The number of benzene rings is 3. The van der Waals surface area contributed by atoms with Crippen LogP contribution in [0.5, 0.6) is 0 Å². The van der Waals surface area contributed by atoms with Gasteiger partial charge < -0.3 is 9.73 Å². The lowest BCUT2D eigenvalue weighted by Gasteiger charge is -2.07. The Labute approximate surface area is 173 Å². The maximum absolute atomic E-state index is 12.2. The molecular formula is C23H21N3O2S. The van der Waals surface area contributed by atoms with E-state index in [1.807, 2.05) is 60.7 Å². The van der Waals surface area contributed by atoms with Crippen molar-refractivity contribution in [2.24, 2.45) is 0 Å². The molecule has 0 atom stereocenters. The second kappa shape index (κ2) is 8.49. The summed E-state index contributed by atoms with van der Waals surface area (Å²) in [6, 6.07) is 22.0. The van der Waals surface area contributed by atoms with Crippen LogP contribution in [0.15, 0.2) is 76.4 Å². The van der Waals surface area contributed by atoms with Gasteiger partial charge in [0.1, 0.15) is 0 Å². The molecule has 29 heavy (non-hydrogen) atoms. The second-order valence-electron chi connectivity index (χ2n) is 7.05. The summed E-state index contributed by atoms with van der Waals surface area (Å²) in [7, 11) is 0. The van der Waals surface area contributed by atoms with Crippen molar-refractivity contribution in [3.05, 3.63) is 72.3 Å². The van der Waals surface area contributed by atoms with Gasteiger partial charge in [-0.25, -0.2) is 0 Å². The van der Waals surface area contributed by atoms with Crippen molar-refractivity contribution >= 4 is 34.1 Å². The van der Waals surface area contributed by atoms with E-state index in [9.17, 15) is 4.79 Å². The van der Waals surface area contributed by atoms with Crippen LogP contribution in [-0.2, 0) is 4.79 Å². The Morgan fingerprint density at radius 2 is 1.76 bits per heavy atom. The number of rotatable bonds is 6. The molecule has 146 valence electrons. The van der Waals surface area contributed by atoms with Gasteiger partial charge in [0.25, 0.3) is 5.22 Å². The van der Waals surface area contributed by atoms with Crippen LogP contribution < -0.4 is 5.32 Å². The maximum atomic E-state index is 12.2. The molecule has 4 rings (SSSR count). The number of aromatic nitrogens is 2. The number of fused-ring (bicyclic) bond motifs is 1. The van der Waals surface area contributed by atoms with Gasteiger partial charge in [0.15, 0.2) is 0 Å². The highest BCUT2D eigenvalue weighted by atomic mass is 32.2. The third-order valence-electron chi connectivity index (χ3n) is 4.59. The summed E-state index contributed by atoms with van der Waals surface area (Å²) in [5.41, 5.74) is 2.88. The molecule has 0 bridgehead atoms. The van der Waals surface area contributed by atoms with Crippen molar-refractivity contribution in [1.29, 1.82) is 0 Å². The van der Waals surface area contributed by atoms with Gasteiger partial charge in [0.05, 0.1) is 5.75 Å². The molecule has 1 aromatic heterocycles. The predicted octanol–water partition coefficient (Wildman–Crippen LogP) is 5.74. The molecule has 1 amide bonds. The Morgan fingerprint density at radius 1 is 1.00 bits per heavy atom. The number of thioether (sulfide) groups is 1. The van der Waals surface area contributed by atoms with E-state index in [1.165, 1.54) is 17.3 Å². The van der Waals surface area contributed by atoms with Gasteiger partial charge in [-0.1, -0.05) is 68.1 Å². The molecule has 6 heteroatoms. The quantitative estimate of drug-likeness (QED) is 0.416. The predicted molar refractivity (Wildman–Crippen MR) is 117 cm³/mol. The Morgan fingerprint density at radius 3 is 2.52 bits per heavy atom. The number of nitrogens with zero attached hydrogens (tertiary/aromatic N) is 2. The Bertz CT molecular complexity index is 1140. The van der Waals surface area contributed by atoms with Crippen LogP contribution in [0.3, 0.4) is 0 Å². The van der Waals surface area contributed by atoms with Crippen LogP contribution in [-0.4, -0.2) is 21.9 Å². The first-order valence-electron chi connectivity index (χ1n) is 9.44. The molecule has 0 spiro atoms. The molecule has 1 heterocycles. The summed E-state index contributed by atoms with van der Waals surface area (Å²) in [5, 5.41) is 13.7. The highest BCUT2D eigenvalue weighted by Gasteiger charge is 2.12. The van der Waals surface area contributed by atoms with Gasteiger partial charge in [-0.2, -0.15) is 0 Å². The Hall–Kier alpha value is -3.12. The van der Waals surface area contributed by atoms with E-state index in [0.717, 1.165) is 22.0 Å². The summed E-state index contributed by atoms with van der Waals surface area (Å²) in [6.45, 7) is 4.28. The lowest BCUT2D eigenvalue weighted by atomic mass is 10.0. The number of hydrogen-bond donors (Lipinski definition) is 1. The van der Waals surface area contributed by atoms with Gasteiger partial charge in [-0.05, 0) is 46.5 Å². The zero-order valence-electron chi connectivity index (χ0n) is 16.3. The fourth-order valence-electron chi connectivity index (χ4n) is 2.98. The summed E-state index contributed by atoms with van der Waals surface area (Å²) in [4.78, 5) is 12.2. The molecule has 4 aromatic rings. The highest BCUT2D eigenvalue weighted by Crippen LogP contribution is 2.26. The lowest BCUT2D eigenvalue weighted by Crippen LogP contribution is -2.14. The van der Waals surface area contributed by atoms with E-state index in [1.54, 1.807) is 0 Å². The lowest BCUT2D eigenvalue weighted by molar-refractivity contribution is -0.113.